The van der Waals surface area contributed by atoms with Gasteiger partial charge in [0.1, 0.15) is 0 Å². The SMILES string of the molecule is CN(CC1CCCC1O)C(=O)CCc1c[nH]c2ccccc12. The molecule has 1 aliphatic carbocycles. The van der Waals surface area contributed by atoms with Crippen LogP contribution >= 0.6 is 0 Å². The fourth-order valence-electron chi connectivity index (χ4n) is 3.45. The molecular formula is C18H24N2O2. The third-order valence-corrected chi connectivity index (χ3v) is 4.84. The number of benzene rings is 1. The number of amides is 1. The van der Waals surface area contributed by atoms with E-state index in [1.807, 2.05) is 31.4 Å². The molecule has 0 saturated heterocycles. The average Bonchev–Trinajstić information content (AvgIpc) is 3.11. The van der Waals surface area contributed by atoms with E-state index >= 15 is 0 Å². The summed E-state index contributed by atoms with van der Waals surface area (Å²) in [5.41, 5.74) is 2.31. The van der Waals surface area contributed by atoms with Crippen molar-refractivity contribution in [1.29, 1.82) is 0 Å². The number of carbonyl (C=O) groups is 1. The molecule has 1 fully saturated rings. The smallest absolute Gasteiger partial charge is 0.222 e. The highest BCUT2D eigenvalue weighted by molar-refractivity contribution is 5.84. The van der Waals surface area contributed by atoms with Gasteiger partial charge in [0, 0.05) is 43.0 Å². The molecular weight excluding hydrogens is 276 g/mol. The third-order valence-electron chi connectivity index (χ3n) is 4.84. The normalized spacial score (nSPS) is 21.4. The fraction of sp³-hybridized carbons (Fsp3) is 0.500. The van der Waals surface area contributed by atoms with E-state index in [0.29, 0.717) is 13.0 Å². The summed E-state index contributed by atoms with van der Waals surface area (Å²) in [5.74, 6) is 0.409. The van der Waals surface area contributed by atoms with E-state index in [1.165, 1.54) is 10.9 Å². The molecule has 0 spiro atoms. The van der Waals surface area contributed by atoms with Crippen molar-refractivity contribution in [3.63, 3.8) is 0 Å². The molecule has 2 unspecified atom stereocenters. The molecule has 2 N–H and O–H groups in total. The molecule has 1 aromatic carbocycles. The van der Waals surface area contributed by atoms with Crippen LogP contribution in [0.1, 0.15) is 31.2 Å². The maximum absolute atomic E-state index is 12.3. The zero-order valence-electron chi connectivity index (χ0n) is 13.1. The number of aryl methyl sites for hydroxylation is 1. The van der Waals surface area contributed by atoms with Gasteiger partial charge in [0.25, 0.3) is 0 Å². The number of nitrogens with one attached hydrogen (secondary N) is 1. The topological polar surface area (TPSA) is 56.3 Å². The molecule has 0 radical (unpaired) electrons. The minimum absolute atomic E-state index is 0.157. The molecule has 4 nitrogen and oxygen atoms in total. The number of nitrogens with zero attached hydrogens (tertiary/aromatic N) is 1. The van der Waals surface area contributed by atoms with Crippen molar-refractivity contribution in [2.24, 2.45) is 5.92 Å². The summed E-state index contributed by atoms with van der Waals surface area (Å²) in [4.78, 5) is 17.3. The molecule has 2 atom stereocenters. The molecule has 3 rings (SSSR count). The lowest BCUT2D eigenvalue weighted by Crippen LogP contribution is -2.34. The van der Waals surface area contributed by atoms with Gasteiger partial charge in [-0.2, -0.15) is 0 Å². The van der Waals surface area contributed by atoms with Crippen LogP contribution < -0.4 is 0 Å². The van der Waals surface area contributed by atoms with Crippen LogP contribution in [0.3, 0.4) is 0 Å². The summed E-state index contributed by atoms with van der Waals surface area (Å²) in [6, 6.07) is 8.17. The number of para-hydroxylation sites is 1. The van der Waals surface area contributed by atoms with Crippen molar-refractivity contribution in [2.45, 2.75) is 38.2 Å². The zero-order valence-corrected chi connectivity index (χ0v) is 13.1. The monoisotopic (exact) mass is 300 g/mol. The van der Waals surface area contributed by atoms with E-state index in [2.05, 4.69) is 11.1 Å². The van der Waals surface area contributed by atoms with Crippen LogP contribution in [0.25, 0.3) is 10.9 Å². The first-order valence-corrected chi connectivity index (χ1v) is 8.12. The van der Waals surface area contributed by atoms with Gasteiger partial charge in [-0.1, -0.05) is 24.6 Å². The summed E-state index contributed by atoms with van der Waals surface area (Å²) in [6.07, 6.45) is 6.01. The molecule has 2 aromatic rings. The Kier molecular flexibility index (Phi) is 4.48. The van der Waals surface area contributed by atoms with E-state index < -0.39 is 0 Å². The summed E-state index contributed by atoms with van der Waals surface area (Å²) in [6.45, 7) is 0.674. The van der Waals surface area contributed by atoms with Crippen molar-refractivity contribution >= 4 is 16.8 Å². The van der Waals surface area contributed by atoms with Crippen LogP contribution in [-0.2, 0) is 11.2 Å². The second kappa shape index (κ2) is 6.53. The summed E-state index contributed by atoms with van der Waals surface area (Å²) in [5, 5.41) is 11.1. The van der Waals surface area contributed by atoms with Gasteiger partial charge in [-0.25, -0.2) is 0 Å². The van der Waals surface area contributed by atoms with Gasteiger partial charge in [0.15, 0.2) is 0 Å². The molecule has 0 bridgehead atoms. The summed E-state index contributed by atoms with van der Waals surface area (Å²) >= 11 is 0. The maximum atomic E-state index is 12.3. The van der Waals surface area contributed by atoms with E-state index in [0.717, 1.165) is 31.2 Å². The van der Waals surface area contributed by atoms with E-state index in [1.54, 1.807) is 4.90 Å². The van der Waals surface area contributed by atoms with E-state index in [-0.39, 0.29) is 17.9 Å². The van der Waals surface area contributed by atoms with Gasteiger partial charge in [-0.15, -0.1) is 0 Å². The largest absolute Gasteiger partial charge is 0.393 e. The van der Waals surface area contributed by atoms with Crippen LogP contribution in [0.2, 0.25) is 0 Å². The average molecular weight is 300 g/mol. The van der Waals surface area contributed by atoms with E-state index in [4.69, 9.17) is 0 Å². The number of hydrogen-bond acceptors (Lipinski definition) is 2. The summed E-state index contributed by atoms with van der Waals surface area (Å²) < 4.78 is 0. The first-order chi connectivity index (χ1) is 10.6. The molecule has 22 heavy (non-hydrogen) atoms. The lowest BCUT2D eigenvalue weighted by atomic mass is 10.0. The Morgan fingerprint density at radius 1 is 1.36 bits per heavy atom. The molecule has 1 heterocycles. The Hall–Kier alpha value is -1.81. The van der Waals surface area contributed by atoms with Crippen molar-refractivity contribution in [3.05, 3.63) is 36.0 Å². The van der Waals surface area contributed by atoms with Crippen LogP contribution in [0.15, 0.2) is 30.5 Å². The highest BCUT2D eigenvalue weighted by atomic mass is 16.3. The minimum atomic E-state index is -0.233. The molecule has 4 heteroatoms. The van der Waals surface area contributed by atoms with Crippen LogP contribution in [-0.4, -0.2) is 40.6 Å². The number of aliphatic hydroxyl groups excluding tert-OH is 1. The lowest BCUT2D eigenvalue weighted by Gasteiger charge is -2.23. The van der Waals surface area contributed by atoms with Crippen molar-refractivity contribution in [2.75, 3.05) is 13.6 Å². The minimum Gasteiger partial charge on any atom is -0.393 e. The first kappa shape index (κ1) is 15.1. The Morgan fingerprint density at radius 2 is 2.18 bits per heavy atom. The number of rotatable bonds is 5. The van der Waals surface area contributed by atoms with Crippen LogP contribution in [0.5, 0.6) is 0 Å². The van der Waals surface area contributed by atoms with E-state index in [9.17, 15) is 9.90 Å². The number of aromatic nitrogens is 1. The number of hydrogen-bond donors (Lipinski definition) is 2. The van der Waals surface area contributed by atoms with Crippen molar-refractivity contribution < 1.29 is 9.90 Å². The molecule has 1 aromatic heterocycles. The van der Waals surface area contributed by atoms with Gasteiger partial charge in [0.2, 0.25) is 5.91 Å². The number of fused-ring (bicyclic) bond motifs is 1. The van der Waals surface area contributed by atoms with Gasteiger partial charge < -0.3 is 15.0 Å². The van der Waals surface area contributed by atoms with Gasteiger partial charge in [-0.05, 0) is 30.9 Å². The van der Waals surface area contributed by atoms with Crippen LogP contribution in [0.4, 0.5) is 0 Å². The number of H-pyrrole nitrogens is 1. The molecule has 1 amide bonds. The molecule has 0 aliphatic heterocycles. The Labute approximate surface area is 131 Å². The number of aromatic amines is 1. The first-order valence-electron chi connectivity index (χ1n) is 8.12. The Morgan fingerprint density at radius 3 is 2.95 bits per heavy atom. The summed E-state index contributed by atoms with van der Waals surface area (Å²) in [7, 11) is 1.85. The van der Waals surface area contributed by atoms with Gasteiger partial charge in [0.05, 0.1) is 6.10 Å². The van der Waals surface area contributed by atoms with Crippen molar-refractivity contribution in [1.82, 2.24) is 9.88 Å². The number of carbonyl (C=O) groups excluding carboxylic acids is 1. The Bertz CT molecular complexity index is 649. The predicted octanol–water partition coefficient (Wildman–Crippen LogP) is 2.72. The van der Waals surface area contributed by atoms with Gasteiger partial charge >= 0.3 is 0 Å². The molecule has 1 aliphatic rings. The standard InChI is InChI=1S/C18H24N2O2/c1-20(12-14-5-4-8-17(14)21)18(22)10-9-13-11-19-16-7-3-2-6-15(13)16/h2-3,6-7,11,14,17,19,21H,4-5,8-10,12H2,1H3. The fourth-order valence-corrected chi connectivity index (χ4v) is 3.45. The molecule has 1 saturated carbocycles. The van der Waals surface area contributed by atoms with Crippen molar-refractivity contribution in [3.8, 4) is 0 Å². The van der Waals surface area contributed by atoms with Gasteiger partial charge in [-0.3, -0.25) is 4.79 Å². The Balaban J connectivity index is 1.55. The third kappa shape index (κ3) is 3.17. The predicted molar refractivity (Wildman–Crippen MR) is 87.6 cm³/mol. The lowest BCUT2D eigenvalue weighted by molar-refractivity contribution is -0.130. The second-order valence-electron chi connectivity index (χ2n) is 6.39. The highest BCUT2D eigenvalue weighted by Crippen LogP contribution is 2.26. The second-order valence-corrected chi connectivity index (χ2v) is 6.39. The molecule has 118 valence electrons. The van der Waals surface area contributed by atoms with Crippen LogP contribution in [0, 0.1) is 5.92 Å². The highest BCUT2D eigenvalue weighted by Gasteiger charge is 2.27. The number of aliphatic hydroxyl groups is 1. The maximum Gasteiger partial charge on any atom is 0.222 e. The zero-order chi connectivity index (χ0) is 15.5. The quantitative estimate of drug-likeness (QED) is 0.892.